The van der Waals surface area contributed by atoms with Gasteiger partial charge in [0.05, 0.1) is 17.3 Å². The number of aliphatic carboxylic acids is 1. The van der Waals surface area contributed by atoms with Crippen LogP contribution in [0.1, 0.15) is 6.42 Å². The van der Waals surface area contributed by atoms with Crippen LogP contribution in [0.15, 0.2) is 5.16 Å². The van der Waals surface area contributed by atoms with Gasteiger partial charge in [0.2, 0.25) is 5.16 Å². The van der Waals surface area contributed by atoms with Crippen molar-refractivity contribution in [2.45, 2.75) is 18.1 Å². The molecule has 1 fully saturated rings. The lowest BCUT2D eigenvalue weighted by Gasteiger charge is -2.08. The average molecular weight is 292 g/mol. The Morgan fingerprint density at radius 2 is 2.33 bits per heavy atom. The van der Waals surface area contributed by atoms with Crippen LogP contribution >= 0.6 is 11.8 Å². The topological polar surface area (TPSA) is 115 Å². The highest BCUT2D eigenvalue weighted by Crippen LogP contribution is 2.22. The van der Waals surface area contributed by atoms with E-state index in [-0.39, 0.29) is 23.2 Å². The Morgan fingerprint density at radius 3 is 2.94 bits per heavy atom. The molecule has 1 aliphatic rings. The quantitative estimate of drug-likeness (QED) is 0.707. The minimum absolute atomic E-state index is 0.00248. The molecular weight excluding hydrogens is 280 g/mol. The summed E-state index contributed by atoms with van der Waals surface area (Å²) in [7, 11) is -2.92. The molecule has 2 heterocycles. The van der Waals surface area contributed by atoms with Crippen molar-refractivity contribution in [1.82, 2.24) is 20.2 Å². The lowest BCUT2D eigenvalue weighted by molar-refractivity contribution is -0.133. The van der Waals surface area contributed by atoms with Crippen LogP contribution in [0.25, 0.3) is 0 Å². The molecule has 0 bridgehead atoms. The van der Waals surface area contributed by atoms with Gasteiger partial charge >= 0.3 is 5.97 Å². The second-order valence-electron chi connectivity index (χ2n) is 4.10. The molecule has 1 N–H and O–H groups in total. The first-order valence-electron chi connectivity index (χ1n) is 5.27. The van der Waals surface area contributed by atoms with Gasteiger partial charge in [-0.25, -0.2) is 13.1 Å². The van der Waals surface area contributed by atoms with Crippen molar-refractivity contribution < 1.29 is 18.3 Å². The molecule has 1 aliphatic heterocycles. The van der Waals surface area contributed by atoms with E-state index in [0.29, 0.717) is 18.1 Å². The van der Waals surface area contributed by atoms with Crippen molar-refractivity contribution in [3.8, 4) is 0 Å². The second kappa shape index (κ2) is 5.22. The summed E-state index contributed by atoms with van der Waals surface area (Å²) >= 11 is 1.02. The number of carboxylic acid groups (broad SMARTS) is 1. The van der Waals surface area contributed by atoms with Gasteiger partial charge in [0.1, 0.15) is 0 Å². The van der Waals surface area contributed by atoms with Gasteiger partial charge in [0.25, 0.3) is 0 Å². The van der Waals surface area contributed by atoms with Gasteiger partial charge in [0, 0.05) is 6.54 Å². The Labute approximate surface area is 108 Å². The SMILES string of the molecule is O=C(O)CSc1nnnn1CC1CCS(=O)(=O)C1. The highest BCUT2D eigenvalue weighted by Gasteiger charge is 2.29. The van der Waals surface area contributed by atoms with Crippen LogP contribution in [0.2, 0.25) is 0 Å². The first-order chi connectivity index (χ1) is 8.46. The molecule has 1 aromatic rings. The van der Waals surface area contributed by atoms with Crippen LogP contribution in [0.3, 0.4) is 0 Å². The average Bonchev–Trinajstić information content (AvgIpc) is 2.83. The van der Waals surface area contributed by atoms with Gasteiger partial charge < -0.3 is 5.11 Å². The molecule has 0 aromatic carbocycles. The maximum absolute atomic E-state index is 11.3. The summed E-state index contributed by atoms with van der Waals surface area (Å²) in [5, 5.41) is 19.9. The lowest BCUT2D eigenvalue weighted by Crippen LogP contribution is -2.15. The molecule has 0 radical (unpaired) electrons. The Kier molecular flexibility index (Phi) is 3.85. The number of sulfone groups is 1. The van der Waals surface area contributed by atoms with Crippen LogP contribution < -0.4 is 0 Å². The summed E-state index contributed by atoms with van der Waals surface area (Å²) in [6.07, 6.45) is 0.602. The van der Waals surface area contributed by atoms with E-state index in [1.165, 1.54) is 4.68 Å². The fraction of sp³-hybridized carbons (Fsp3) is 0.750. The fourth-order valence-corrected chi connectivity index (χ4v) is 4.26. The third-order valence-electron chi connectivity index (χ3n) is 2.58. The molecule has 100 valence electrons. The molecule has 1 aromatic heterocycles. The van der Waals surface area contributed by atoms with E-state index in [4.69, 9.17) is 5.11 Å². The fourth-order valence-electron chi connectivity index (χ4n) is 1.80. The number of rotatable bonds is 5. The number of thioether (sulfide) groups is 1. The van der Waals surface area contributed by atoms with Gasteiger partial charge in [0.15, 0.2) is 9.84 Å². The van der Waals surface area contributed by atoms with Crippen molar-refractivity contribution in [3.05, 3.63) is 0 Å². The molecule has 0 spiro atoms. The predicted molar refractivity (Wildman–Crippen MR) is 62.9 cm³/mol. The lowest BCUT2D eigenvalue weighted by atomic mass is 10.1. The van der Waals surface area contributed by atoms with Crippen LogP contribution in [0.5, 0.6) is 0 Å². The third-order valence-corrected chi connectivity index (χ3v) is 5.36. The van der Waals surface area contributed by atoms with Crippen LogP contribution in [-0.4, -0.2) is 57.0 Å². The minimum atomic E-state index is -2.92. The van der Waals surface area contributed by atoms with E-state index in [9.17, 15) is 13.2 Å². The molecule has 1 unspecified atom stereocenters. The van der Waals surface area contributed by atoms with Crippen LogP contribution in [0, 0.1) is 5.92 Å². The Morgan fingerprint density at radius 1 is 1.56 bits per heavy atom. The van der Waals surface area contributed by atoms with E-state index in [2.05, 4.69) is 15.5 Å². The Balaban J connectivity index is 1.98. The summed E-state index contributed by atoms with van der Waals surface area (Å²) < 4.78 is 24.1. The zero-order chi connectivity index (χ0) is 13.2. The number of aromatic nitrogens is 4. The van der Waals surface area contributed by atoms with Gasteiger partial charge in [-0.1, -0.05) is 11.8 Å². The number of carbonyl (C=O) groups is 1. The molecule has 0 aliphatic carbocycles. The van der Waals surface area contributed by atoms with Crippen LogP contribution in [-0.2, 0) is 21.2 Å². The zero-order valence-corrected chi connectivity index (χ0v) is 11.0. The summed E-state index contributed by atoms with van der Waals surface area (Å²) in [4.78, 5) is 10.5. The summed E-state index contributed by atoms with van der Waals surface area (Å²) in [6.45, 7) is 0.411. The van der Waals surface area contributed by atoms with Crippen molar-refractivity contribution in [3.63, 3.8) is 0 Å². The molecular formula is C8H12N4O4S2. The van der Waals surface area contributed by atoms with Crippen molar-refractivity contribution in [2.24, 2.45) is 5.92 Å². The number of hydrogen-bond acceptors (Lipinski definition) is 7. The Bertz CT molecular complexity index is 541. The minimum Gasteiger partial charge on any atom is -0.481 e. The summed E-state index contributed by atoms with van der Waals surface area (Å²) in [5.41, 5.74) is 0. The number of nitrogens with zero attached hydrogens (tertiary/aromatic N) is 4. The zero-order valence-electron chi connectivity index (χ0n) is 9.39. The van der Waals surface area contributed by atoms with Gasteiger partial charge in [-0.3, -0.25) is 4.79 Å². The summed E-state index contributed by atoms with van der Waals surface area (Å²) in [5.74, 6) is -0.711. The molecule has 10 heteroatoms. The summed E-state index contributed by atoms with van der Waals surface area (Å²) in [6, 6.07) is 0. The van der Waals surface area contributed by atoms with Crippen molar-refractivity contribution in [1.29, 1.82) is 0 Å². The molecule has 2 rings (SSSR count). The number of hydrogen-bond donors (Lipinski definition) is 1. The van der Waals surface area contributed by atoms with Gasteiger partial charge in [-0.15, -0.1) is 5.10 Å². The number of tetrazole rings is 1. The first-order valence-corrected chi connectivity index (χ1v) is 8.08. The maximum Gasteiger partial charge on any atom is 0.313 e. The molecule has 0 amide bonds. The second-order valence-corrected chi connectivity index (χ2v) is 7.27. The largest absolute Gasteiger partial charge is 0.481 e. The highest BCUT2D eigenvalue weighted by atomic mass is 32.2. The van der Waals surface area contributed by atoms with Gasteiger partial charge in [-0.2, -0.15) is 0 Å². The molecule has 1 atom stereocenters. The Hall–Kier alpha value is -1.16. The van der Waals surface area contributed by atoms with E-state index in [1.807, 2.05) is 0 Å². The predicted octanol–water partition coefficient (Wildman–Crippen LogP) is -0.716. The van der Waals surface area contributed by atoms with E-state index < -0.39 is 15.8 Å². The van der Waals surface area contributed by atoms with Crippen LogP contribution in [0.4, 0.5) is 0 Å². The van der Waals surface area contributed by atoms with E-state index >= 15 is 0 Å². The van der Waals surface area contributed by atoms with Crippen molar-refractivity contribution in [2.75, 3.05) is 17.3 Å². The van der Waals surface area contributed by atoms with E-state index in [0.717, 1.165) is 11.8 Å². The first kappa shape index (κ1) is 13.3. The normalized spacial score (nSPS) is 22.1. The highest BCUT2D eigenvalue weighted by molar-refractivity contribution is 7.99. The molecule has 18 heavy (non-hydrogen) atoms. The molecule has 1 saturated heterocycles. The smallest absolute Gasteiger partial charge is 0.313 e. The van der Waals surface area contributed by atoms with Crippen molar-refractivity contribution >= 4 is 27.6 Å². The number of carboxylic acids is 1. The third kappa shape index (κ3) is 3.42. The van der Waals surface area contributed by atoms with E-state index in [1.54, 1.807) is 0 Å². The maximum atomic E-state index is 11.3. The molecule has 0 saturated carbocycles. The van der Waals surface area contributed by atoms with Gasteiger partial charge in [-0.05, 0) is 22.8 Å². The standard InChI is InChI=1S/C8H12N4O4S2/c13-7(14)4-17-8-9-10-11-12(8)3-6-1-2-18(15,16)5-6/h6H,1-5H2,(H,13,14). The monoisotopic (exact) mass is 292 g/mol. The molecule has 8 nitrogen and oxygen atoms in total.